The minimum atomic E-state index is -0.265. The fourth-order valence-electron chi connectivity index (χ4n) is 4.36. The summed E-state index contributed by atoms with van der Waals surface area (Å²) in [5.74, 6) is 0. The molecule has 0 amide bonds. The Morgan fingerprint density at radius 2 is 1.39 bits per heavy atom. The Hall–Kier alpha value is -2.37. The molecule has 2 heterocycles. The van der Waals surface area contributed by atoms with Crippen molar-refractivity contribution < 1.29 is 4.84 Å². The molecule has 0 unspecified atom stereocenters. The molecule has 1 fully saturated rings. The van der Waals surface area contributed by atoms with E-state index in [1.54, 1.807) is 0 Å². The Morgan fingerprint density at radius 1 is 0.879 bits per heavy atom. The monoisotopic (exact) mass is 463 g/mol. The third kappa shape index (κ3) is 5.42. The average Bonchev–Trinajstić information content (AvgIpc) is 3.17. The Morgan fingerprint density at radius 3 is 1.91 bits per heavy atom. The van der Waals surface area contributed by atoms with Crippen molar-refractivity contribution in [2.75, 3.05) is 18.4 Å². The Bertz CT molecular complexity index is 1020. The largest absolute Gasteiger partial charge is 0.349 e. The van der Waals surface area contributed by atoms with Crippen LogP contribution in [0.1, 0.15) is 71.1 Å². The van der Waals surface area contributed by atoms with E-state index in [-0.39, 0.29) is 16.4 Å². The van der Waals surface area contributed by atoms with Crippen molar-refractivity contribution in [3.63, 3.8) is 0 Å². The minimum absolute atomic E-state index is 0.149. The molecule has 2 N–H and O–H groups in total. The predicted molar refractivity (Wildman–Crippen MR) is 142 cm³/mol. The Kier molecular flexibility index (Phi) is 6.32. The number of hydrogen-bond acceptors (Lipinski definition) is 3. The normalized spacial score (nSPS) is 18.1. The van der Waals surface area contributed by atoms with Crippen LogP contribution in [0.5, 0.6) is 0 Å². The lowest BCUT2D eigenvalue weighted by Gasteiger charge is -2.38. The molecule has 2 aliphatic heterocycles. The van der Waals surface area contributed by atoms with Gasteiger partial charge in [-0.1, -0.05) is 77.9 Å². The fourth-order valence-corrected chi connectivity index (χ4v) is 4.66. The van der Waals surface area contributed by atoms with Crippen molar-refractivity contribution in [3.8, 4) is 0 Å². The number of likely N-dealkylation sites (tertiary alicyclic amines) is 1. The second-order valence-corrected chi connectivity index (χ2v) is 11.8. The van der Waals surface area contributed by atoms with E-state index < -0.39 is 0 Å². The maximum atomic E-state index is 6.10. The van der Waals surface area contributed by atoms with Crippen LogP contribution >= 0.6 is 12.2 Å². The van der Waals surface area contributed by atoms with Gasteiger partial charge in [-0.2, -0.15) is 0 Å². The van der Waals surface area contributed by atoms with Crippen LogP contribution in [0.2, 0.25) is 0 Å². The summed E-state index contributed by atoms with van der Waals surface area (Å²) in [4.78, 5) is 8.35. The molecule has 33 heavy (non-hydrogen) atoms. The number of hydroxylamine groups is 1. The van der Waals surface area contributed by atoms with Gasteiger partial charge in [0, 0.05) is 31.6 Å². The van der Waals surface area contributed by atoms with Crippen LogP contribution in [-0.4, -0.2) is 28.7 Å². The third-order valence-electron chi connectivity index (χ3n) is 6.73. The van der Waals surface area contributed by atoms with Crippen molar-refractivity contribution in [2.24, 2.45) is 0 Å². The minimum Gasteiger partial charge on any atom is -0.349 e. The molecular weight excluding hydrogens is 426 g/mol. The first kappa shape index (κ1) is 23.8. The van der Waals surface area contributed by atoms with Gasteiger partial charge in [-0.05, 0) is 57.9 Å². The van der Waals surface area contributed by atoms with Crippen molar-refractivity contribution in [1.82, 2.24) is 10.4 Å². The van der Waals surface area contributed by atoms with E-state index in [0.29, 0.717) is 0 Å². The molecule has 2 aliphatic rings. The number of thiocarbonyl (C=S) groups is 1. The number of rotatable bonds is 2. The van der Waals surface area contributed by atoms with E-state index in [1.165, 1.54) is 11.1 Å². The summed E-state index contributed by atoms with van der Waals surface area (Å²) in [5, 5.41) is 4.19. The summed E-state index contributed by atoms with van der Waals surface area (Å²) in [5.41, 5.74) is 9.14. The van der Waals surface area contributed by atoms with Crippen molar-refractivity contribution in [3.05, 3.63) is 71.3 Å². The van der Waals surface area contributed by atoms with E-state index in [1.807, 2.05) is 0 Å². The molecule has 2 aromatic carbocycles. The molecule has 0 aromatic heterocycles. The molecule has 0 aliphatic carbocycles. The highest BCUT2D eigenvalue weighted by Gasteiger charge is 2.39. The molecule has 0 radical (unpaired) electrons. The molecule has 2 aromatic rings. The smallest absolute Gasteiger partial charge is 0.173 e. The van der Waals surface area contributed by atoms with Gasteiger partial charge in [-0.15, -0.1) is 0 Å². The van der Waals surface area contributed by atoms with Gasteiger partial charge in [-0.25, -0.2) is 0 Å². The molecule has 176 valence electrons. The van der Waals surface area contributed by atoms with Crippen molar-refractivity contribution >= 4 is 28.7 Å². The molecule has 0 atom stereocenters. The zero-order valence-corrected chi connectivity index (χ0v) is 21.6. The lowest BCUT2D eigenvalue weighted by atomic mass is 9.86. The third-order valence-corrected chi connectivity index (χ3v) is 7.09. The van der Waals surface area contributed by atoms with E-state index in [0.717, 1.165) is 48.0 Å². The van der Waals surface area contributed by atoms with Crippen LogP contribution in [-0.2, 0) is 15.7 Å². The van der Waals surface area contributed by atoms with Crippen LogP contribution in [0.15, 0.2) is 54.6 Å². The molecule has 1 spiro atoms. The van der Waals surface area contributed by atoms with E-state index in [4.69, 9.17) is 17.1 Å². The summed E-state index contributed by atoms with van der Waals surface area (Å²) in [7, 11) is 0. The zero-order valence-electron chi connectivity index (χ0n) is 20.8. The fraction of sp³-hybridized carbons (Fsp3) is 0.464. The van der Waals surface area contributed by atoms with Crippen LogP contribution in [0.3, 0.4) is 0 Å². The number of piperidine rings is 1. The summed E-state index contributed by atoms with van der Waals surface area (Å²) < 4.78 is 0. The number of hydrogen-bond donors (Lipinski definition) is 2. The molecule has 1 saturated heterocycles. The zero-order chi connectivity index (χ0) is 23.9. The van der Waals surface area contributed by atoms with Crippen LogP contribution in [0.4, 0.5) is 5.69 Å². The topological polar surface area (TPSA) is 36.5 Å². The molecule has 0 bridgehead atoms. The number of nitrogens with zero attached hydrogens (tertiary/aromatic N) is 1. The van der Waals surface area contributed by atoms with Gasteiger partial charge in [0.2, 0.25) is 0 Å². The van der Waals surface area contributed by atoms with E-state index in [9.17, 15) is 0 Å². The molecule has 5 heteroatoms. The van der Waals surface area contributed by atoms with E-state index in [2.05, 4.69) is 112 Å². The highest BCUT2D eigenvalue weighted by atomic mass is 32.1. The summed E-state index contributed by atoms with van der Waals surface area (Å²) in [6.45, 7) is 15.1. The second-order valence-electron chi connectivity index (χ2n) is 11.4. The maximum absolute atomic E-state index is 6.10. The SMILES string of the molecule is CC(C)(C)c1ccc(NC(=S)N2CCC3(C=C(c4ccc(C(C)(C)C)cc4)NO3)CC2)cc1. The van der Waals surface area contributed by atoms with Gasteiger partial charge >= 0.3 is 0 Å². The number of anilines is 1. The predicted octanol–water partition coefficient (Wildman–Crippen LogP) is 6.39. The first-order valence-corrected chi connectivity index (χ1v) is 12.3. The second kappa shape index (κ2) is 8.77. The van der Waals surface area contributed by atoms with Crippen LogP contribution < -0.4 is 10.8 Å². The van der Waals surface area contributed by atoms with Gasteiger partial charge in [0.15, 0.2) is 5.11 Å². The van der Waals surface area contributed by atoms with Crippen LogP contribution in [0, 0.1) is 0 Å². The van der Waals surface area contributed by atoms with Crippen molar-refractivity contribution in [2.45, 2.75) is 70.8 Å². The standard InChI is InChI=1S/C28H37N3OS/c1-26(2,3)21-9-7-20(8-10-21)24-19-28(32-30-24)15-17-31(18-16-28)25(33)29-23-13-11-22(12-14-23)27(4,5)6/h7-14,19,30H,15-18H2,1-6H3,(H,29,33). The van der Waals surface area contributed by atoms with Gasteiger partial charge in [0.25, 0.3) is 0 Å². The lowest BCUT2D eigenvalue weighted by molar-refractivity contribution is -0.0615. The summed E-state index contributed by atoms with van der Waals surface area (Å²) >= 11 is 5.71. The highest BCUT2D eigenvalue weighted by molar-refractivity contribution is 7.80. The molecular formula is C28H37N3OS. The Labute approximate surface area is 204 Å². The first-order chi connectivity index (χ1) is 15.5. The van der Waals surface area contributed by atoms with Gasteiger partial charge in [0.1, 0.15) is 5.60 Å². The lowest BCUT2D eigenvalue weighted by Crippen LogP contribution is -2.48. The van der Waals surface area contributed by atoms with Gasteiger partial charge in [-0.3, -0.25) is 10.3 Å². The molecule has 4 rings (SSSR count). The molecule has 4 nitrogen and oxygen atoms in total. The maximum Gasteiger partial charge on any atom is 0.173 e. The summed E-state index contributed by atoms with van der Waals surface area (Å²) in [6, 6.07) is 17.4. The Balaban J connectivity index is 1.35. The highest BCUT2D eigenvalue weighted by Crippen LogP contribution is 2.35. The molecule has 0 saturated carbocycles. The summed E-state index contributed by atoms with van der Waals surface area (Å²) in [6.07, 6.45) is 4.06. The van der Waals surface area contributed by atoms with Gasteiger partial charge in [0.05, 0.1) is 5.70 Å². The number of benzene rings is 2. The first-order valence-electron chi connectivity index (χ1n) is 11.9. The quantitative estimate of drug-likeness (QED) is 0.505. The average molecular weight is 464 g/mol. The van der Waals surface area contributed by atoms with Crippen LogP contribution in [0.25, 0.3) is 5.70 Å². The van der Waals surface area contributed by atoms with Crippen molar-refractivity contribution in [1.29, 1.82) is 0 Å². The van der Waals surface area contributed by atoms with E-state index >= 15 is 0 Å². The number of nitrogens with one attached hydrogen (secondary N) is 2. The van der Waals surface area contributed by atoms with Gasteiger partial charge < -0.3 is 10.2 Å².